The van der Waals surface area contributed by atoms with Gasteiger partial charge in [-0.05, 0) is 49.0 Å². The van der Waals surface area contributed by atoms with Gasteiger partial charge in [0.15, 0.2) is 5.69 Å². The van der Waals surface area contributed by atoms with Crippen LogP contribution in [0.3, 0.4) is 0 Å². The van der Waals surface area contributed by atoms with E-state index in [1.165, 1.54) is 6.42 Å². The maximum Gasteiger partial charge on any atom is 0.280 e. The third-order valence-electron chi connectivity index (χ3n) is 5.68. The number of aryl methyl sites for hydroxylation is 1. The van der Waals surface area contributed by atoms with Crippen LogP contribution in [0.5, 0.6) is 0 Å². The molecule has 0 unspecified atom stereocenters. The molecule has 0 saturated heterocycles. The fourth-order valence-electron chi connectivity index (χ4n) is 4.05. The molecule has 1 aliphatic rings. The summed E-state index contributed by atoms with van der Waals surface area (Å²) in [6.07, 6.45) is 5.39. The number of nitrogens with zero attached hydrogens (tertiary/aromatic N) is 3. The standard InChI is InChI=1S/C24H26N4O2S/c1-17-12-14-20(15-13-17)28(24(30)21-16-31-27-26-21)22(18-8-4-2-5-9-18)23(29)25-19-10-6-3-7-11-19/h2,4-5,8-9,12-16,19,22H,3,6-7,10-11H2,1H3,(H,25,29)/t22-/m0/s1. The Hall–Kier alpha value is -3.06. The number of carbonyl (C=O) groups is 2. The van der Waals surface area contributed by atoms with Crippen molar-refractivity contribution >= 4 is 29.0 Å². The Balaban J connectivity index is 1.76. The first kappa shape index (κ1) is 21.2. The Bertz CT molecular complexity index is 1000. The molecule has 1 atom stereocenters. The second-order valence-corrected chi connectivity index (χ2v) is 8.57. The van der Waals surface area contributed by atoms with Crippen molar-refractivity contribution in [2.45, 2.75) is 51.1 Å². The van der Waals surface area contributed by atoms with E-state index in [1.54, 1.807) is 10.3 Å². The summed E-state index contributed by atoms with van der Waals surface area (Å²) >= 11 is 1.12. The highest BCUT2D eigenvalue weighted by Crippen LogP contribution is 2.30. The van der Waals surface area contributed by atoms with Gasteiger partial charge in [-0.25, -0.2) is 0 Å². The zero-order valence-electron chi connectivity index (χ0n) is 17.5. The van der Waals surface area contributed by atoms with Crippen LogP contribution in [0.4, 0.5) is 5.69 Å². The minimum atomic E-state index is -0.806. The average molecular weight is 435 g/mol. The molecular weight excluding hydrogens is 408 g/mol. The van der Waals surface area contributed by atoms with Gasteiger partial charge >= 0.3 is 0 Å². The van der Waals surface area contributed by atoms with Crippen molar-refractivity contribution in [2.75, 3.05) is 4.90 Å². The maximum atomic E-state index is 13.6. The Morgan fingerprint density at radius 1 is 1.03 bits per heavy atom. The fraction of sp³-hybridized carbons (Fsp3) is 0.333. The summed E-state index contributed by atoms with van der Waals surface area (Å²) in [5, 5.41) is 8.81. The van der Waals surface area contributed by atoms with Gasteiger partial charge in [0, 0.05) is 17.1 Å². The summed E-state index contributed by atoms with van der Waals surface area (Å²) < 4.78 is 3.85. The van der Waals surface area contributed by atoms with Crippen LogP contribution in [0.2, 0.25) is 0 Å². The largest absolute Gasteiger partial charge is 0.351 e. The van der Waals surface area contributed by atoms with Crippen LogP contribution in [0.15, 0.2) is 60.0 Å². The predicted molar refractivity (Wildman–Crippen MR) is 122 cm³/mol. The molecule has 31 heavy (non-hydrogen) atoms. The van der Waals surface area contributed by atoms with E-state index in [-0.39, 0.29) is 23.6 Å². The second-order valence-electron chi connectivity index (χ2n) is 7.96. The van der Waals surface area contributed by atoms with Crippen molar-refractivity contribution in [3.63, 3.8) is 0 Å². The number of anilines is 1. The first-order valence-corrected chi connectivity index (χ1v) is 11.5. The number of amides is 2. The summed E-state index contributed by atoms with van der Waals surface area (Å²) in [6.45, 7) is 1.99. The lowest BCUT2D eigenvalue weighted by molar-refractivity contribution is -0.123. The quantitative estimate of drug-likeness (QED) is 0.611. The molecule has 1 heterocycles. The fourth-order valence-corrected chi connectivity index (χ4v) is 4.48. The van der Waals surface area contributed by atoms with Crippen molar-refractivity contribution in [1.82, 2.24) is 14.9 Å². The third-order valence-corrected chi connectivity index (χ3v) is 6.19. The molecule has 0 aliphatic heterocycles. The van der Waals surface area contributed by atoms with Crippen LogP contribution in [-0.2, 0) is 4.79 Å². The number of aromatic nitrogens is 2. The van der Waals surface area contributed by atoms with Crippen LogP contribution in [-0.4, -0.2) is 27.4 Å². The highest BCUT2D eigenvalue weighted by molar-refractivity contribution is 7.03. The van der Waals surface area contributed by atoms with E-state index < -0.39 is 6.04 Å². The zero-order chi connectivity index (χ0) is 21.6. The average Bonchev–Trinajstić information content (AvgIpc) is 3.34. The van der Waals surface area contributed by atoms with Gasteiger partial charge in [-0.15, -0.1) is 5.10 Å². The molecule has 1 aliphatic carbocycles. The molecule has 1 saturated carbocycles. The highest BCUT2D eigenvalue weighted by Gasteiger charge is 2.35. The maximum absolute atomic E-state index is 13.6. The van der Waals surface area contributed by atoms with Gasteiger partial charge in [0.05, 0.1) is 0 Å². The number of nitrogens with one attached hydrogen (secondary N) is 1. The number of hydrogen-bond acceptors (Lipinski definition) is 5. The number of rotatable bonds is 6. The molecule has 1 N–H and O–H groups in total. The molecule has 160 valence electrons. The van der Waals surface area contributed by atoms with E-state index in [2.05, 4.69) is 14.9 Å². The van der Waals surface area contributed by atoms with E-state index in [0.29, 0.717) is 5.69 Å². The third kappa shape index (κ3) is 4.99. The van der Waals surface area contributed by atoms with Crippen molar-refractivity contribution in [3.05, 3.63) is 76.8 Å². The van der Waals surface area contributed by atoms with Crippen LogP contribution < -0.4 is 10.2 Å². The Labute approximate surface area is 186 Å². The van der Waals surface area contributed by atoms with Gasteiger partial charge < -0.3 is 5.32 Å². The van der Waals surface area contributed by atoms with Gasteiger partial charge in [0.1, 0.15) is 6.04 Å². The Kier molecular flexibility index (Phi) is 6.72. The van der Waals surface area contributed by atoms with E-state index in [1.807, 2.05) is 61.5 Å². The molecule has 1 aromatic heterocycles. The van der Waals surface area contributed by atoms with Gasteiger partial charge in [-0.3, -0.25) is 14.5 Å². The molecule has 0 bridgehead atoms. The number of benzene rings is 2. The molecule has 4 rings (SSSR count). The van der Waals surface area contributed by atoms with Gasteiger partial charge in [0.25, 0.3) is 5.91 Å². The minimum absolute atomic E-state index is 0.142. The lowest BCUT2D eigenvalue weighted by atomic mass is 9.94. The summed E-state index contributed by atoms with van der Waals surface area (Å²) in [4.78, 5) is 28.7. The SMILES string of the molecule is Cc1ccc(N(C(=O)c2csnn2)[C@H](C(=O)NC2CCCCC2)c2ccccc2)cc1. The van der Waals surface area contributed by atoms with Crippen LogP contribution in [0, 0.1) is 6.92 Å². The molecule has 1 fully saturated rings. The minimum Gasteiger partial charge on any atom is -0.351 e. The Morgan fingerprint density at radius 2 is 1.74 bits per heavy atom. The molecule has 6 nitrogen and oxygen atoms in total. The first-order valence-electron chi connectivity index (χ1n) is 10.7. The molecule has 2 amide bonds. The molecule has 0 spiro atoms. The monoisotopic (exact) mass is 434 g/mol. The van der Waals surface area contributed by atoms with E-state index >= 15 is 0 Å². The Morgan fingerprint density at radius 3 is 2.39 bits per heavy atom. The van der Waals surface area contributed by atoms with Crippen LogP contribution >= 0.6 is 11.5 Å². The topological polar surface area (TPSA) is 75.2 Å². The number of hydrogen-bond donors (Lipinski definition) is 1. The van der Waals surface area contributed by atoms with E-state index in [0.717, 1.165) is 48.3 Å². The van der Waals surface area contributed by atoms with E-state index in [4.69, 9.17) is 0 Å². The van der Waals surface area contributed by atoms with E-state index in [9.17, 15) is 9.59 Å². The van der Waals surface area contributed by atoms with Crippen molar-refractivity contribution in [1.29, 1.82) is 0 Å². The van der Waals surface area contributed by atoms with Crippen LogP contribution in [0.1, 0.15) is 59.8 Å². The highest BCUT2D eigenvalue weighted by atomic mass is 32.1. The first-order chi connectivity index (χ1) is 15.1. The summed E-state index contributed by atoms with van der Waals surface area (Å²) in [5.74, 6) is -0.513. The normalized spacial score (nSPS) is 15.3. The summed E-state index contributed by atoms with van der Waals surface area (Å²) in [7, 11) is 0. The molecule has 3 aromatic rings. The van der Waals surface area contributed by atoms with Gasteiger partial charge in [-0.1, -0.05) is 71.8 Å². The number of carbonyl (C=O) groups excluding carboxylic acids is 2. The smallest absolute Gasteiger partial charge is 0.280 e. The van der Waals surface area contributed by atoms with Crippen molar-refractivity contribution in [3.8, 4) is 0 Å². The van der Waals surface area contributed by atoms with Gasteiger partial charge in [0.2, 0.25) is 5.91 Å². The lowest BCUT2D eigenvalue weighted by Crippen LogP contribution is -2.47. The van der Waals surface area contributed by atoms with Crippen molar-refractivity contribution < 1.29 is 9.59 Å². The molecular formula is C24H26N4O2S. The molecule has 7 heteroatoms. The summed E-state index contributed by atoms with van der Waals surface area (Å²) in [6, 6.07) is 16.4. The molecule has 0 radical (unpaired) electrons. The summed E-state index contributed by atoms with van der Waals surface area (Å²) in [5.41, 5.74) is 2.72. The predicted octanol–water partition coefficient (Wildman–Crippen LogP) is 4.68. The second kappa shape index (κ2) is 9.83. The van der Waals surface area contributed by atoms with Gasteiger partial charge in [-0.2, -0.15) is 0 Å². The zero-order valence-corrected chi connectivity index (χ0v) is 18.3. The lowest BCUT2D eigenvalue weighted by Gasteiger charge is -2.33. The van der Waals surface area contributed by atoms with Crippen LogP contribution in [0.25, 0.3) is 0 Å². The van der Waals surface area contributed by atoms with Crippen molar-refractivity contribution in [2.24, 2.45) is 0 Å². The molecule has 2 aromatic carbocycles.